The number of imidazole rings is 1. The van der Waals surface area contributed by atoms with E-state index in [9.17, 15) is 0 Å². The fourth-order valence-corrected chi connectivity index (χ4v) is 3.29. The Morgan fingerprint density at radius 3 is 3.05 bits per heavy atom. The maximum Gasteiger partial charge on any atom is 0.155 e. The van der Waals surface area contributed by atoms with Crippen LogP contribution >= 0.6 is 15.9 Å². The number of halogens is 1. The summed E-state index contributed by atoms with van der Waals surface area (Å²) >= 11 is 3.42. The highest BCUT2D eigenvalue weighted by molar-refractivity contribution is 9.10. The van der Waals surface area contributed by atoms with Crippen LogP contribution in [0.2, 0.25) is 0 Å². The minimum absolute atomic E-state index is 0.649. The maximum atomic E-state index is 4.39. The Labute approximate surface area is 128 Å². The third-order valence-electron chi connectivity index (χ3n) is 4.27. The Balaban J connectivity index is 1.66. The molecule has 0 saturated heterocycles. The van der Waals surface area contributed by atoms with E-state index in [4.69, 9.17) is 0 Å². The number of hydrogen-bond donors (Lipinski definition) is 1. The normalized spacial score (nSPS) is 23.9. The summed E-state index contributed by atoms with van der Waals surface area (Å²) in [5.74, 6) is 0.889. The summed E-state index contributed by atoms with van der Waals surface area (Å²) in [6.45, 7) is 3.24. The molecule has 0 aromatic carbocycles. The van der Waals surface area contributed by atoms with Crippen molar-refractivity contribution in [3.05, 3.63) is 28.9 Å². The molecule has 5 heteroatoms. The Hall–Kier alpha value is -0.940. The van der Waals surface area contributed by atoms with Crippen LogP contribution in [0.3, 0.4) is 0 Å². The van der Waals surface area contributed by atoms with Crippen molar-refractivity contribution >= 4 is 21.6 Å². The first-order valence-electron chi connectivity index (χ1n) is 7.43. The van der Waals surface area contributed by atoms with E-state index < -0.39 is 0 Å². The lowest BCUT2D eigenvalue weighted by atomic mass is 10.0. The van der Waals surface area contributed by atoms with Gasteiger partial charge >= 0.3 is 0 Å². The lowest BCUT2D eigenvalue weighted by molar-refractivity contribution is 0.444. The zero-order valence-electron chi connectivity index (χ0n) is 11.8. The zero-order chi connectivity index (χ0) is 13.9. The third-order valence-corrected chi connectivity index (χ3v) is 4.68. The molecule has 2 aromatic rings. The fourth-order valence-electron chi connectivity index (χ4n) is 2.99. The van der Waals surface area contributed by atoms with Gasteiger partial charge < -0.3 is 5.32 Å². The van der Waals surface area contributed by atoms with E-state index in [0.717, 1.165) is 22.7 Å². The van der Waals surface area contributed by atoms with Gasteiger partial charge in [0.2, 0.25) is 0 Å². The van der Waals surface area contributed by atoms with Crippen molar-refractivity contribution < 1.29 is 0 Å². The van der Waals surface area contributed by atoms with Crippen LogP contribution < -0.4 is 5.32 Å². The molecule has 20 heavy (non-hydrogen) atoms. The highest BCUT2D eigenvalue weighted by atomic mass is 79.9. The summed E-state index contributed by atoms with van der Waals surface area (Å²) in [5, 5.41) is 3.70. The second kappa shape index (κ2) is 6.22. The summed E-state index contributed by atoms with van der Waals surface area (Å²) in [6.07, 6.45) is 12.4. The second-order valence-electron chi connectivity index (χ2n) is 5.88. The Bertz CT molecular complexity index is 580. The molecular weight excluding hydrogens is 316 g/mol. The van der Waals surface area contributed by atoms with Crippen molar-refractivity contribution in [2.45, 2.75) is 51.6 Å². The average molecular weight is 337 g/mol. The number of nitrogens with zero attached hydrogens (tertiary/aromatic N) is 3. The summed E-state index contributed by atoms with van der Waals surface area (Å²) in [5.41, 5.74) is 2.10. The number of nitrogens with one attached hydrogen (secondary N) is 1. The number of fused-ring (bicyclic) bond motifs is 1. The zero-order valence-corrected chi connectivity index (χ0v) is 13.4. The van der Waals surface area contributed by atoms with Crippen LogP contribution in [-0.4, -0.2) is 20.4 Å². The van der Waals surface area contributed by atoms with Crippen LogP contribution in [0.4, 0.5) is 0 Å². The fraction of sp³-hybridized carbons (Fsp3) is 0.600. The smallest absolute Gasteiger partial charge is 0.155 e. The van der Waals surface area contributed by atoms with E-state index in [2.05, 4.69) is 42.5 Å². The number of hydrogen-bond acceptors (Lipinski definition) is 3. The Morgan fingerprint density at radius 2 is 2.15 bits per heavy atom. The lowest BCUT2D eigenvalue weighted by Crippen LogP contribution is -2.28. The molecule has 1 saturated carbocycles. The van der Waals surface area contributed by atoms with Crippen LogP contribution in [0, 0.1) is 5.92 Å². The largest absolute Gasteiger partial charge is 0.308 e. The molecular formula is C15H21BrN4. The van der Waals surface area contributed by atoms with Crippen molar-refractivity contribution in [3.8, 4) is 0 Å². The molecule has 108 valence electrons. The van der Waals surface area contributed by atoms with Crippen LogP contribution in [0.15, 0.2) is 23.2 Å². The van der Waals surface area contributed by atoms with Crippen molar-refractivity contribution in [2.75, 3.05) is 0 Å². The molecule has 1 aliphatic rings. The summed E-state index contributed by atoms with van der Waals surface area (Å²) < 4.78 is 2.94. The molecule has 1 N–H and O–H groups in total. The van der Waals surface area contributed by atoms with Gasteiger partial charge in [0.25, 0.3) is 0 Å². The molecule has 1 aliphatic carbocycles. The standard InChI is InChI=1S/C15H21BrN4/c1-11-3-2-4-12(6-5-11)17-7-13-8-19-15-9-18-14(16)10-20(13)15/h8-12,17H,2-7H2,1H3. The van der Waals surface area contributed by atoms with Crippen LogP contribution in [0.25, 0.3) is 5.65 Å². The lowest BCUT2D eigenvalue weighted by Gasteiger charge is -2.16. The number of rotatable bonds is 3. The van der Waals surface area contributed by atoms with E-state index in [0.29, 0.717) is 6.04 Å². The van der Waals surface area contributed by atoms with Gasteiger partial charge in [0.15, 0.2) is 5.65 Å². The summed E-state index contributed by atoms with van der Waals surface area (Å²) in [6, 6.07) is 0.649. The van der Waals surface area contributed by atoms with Crippen LogP contribution in [-0.2, 0) is 6.54 Å². The highest BCUT2D eigenvalue weighted by Crippen LogP contribution is 2.23. The van der Waals surface area contributed by atoms with Crippen molar-refractivity contribution in [1.29, 1.82) is 0 Å². The van der Waals surface area contributed by atoms with Crippen molar-refractivity contribution in [3.63, 3.8) is 0 Å². The van der Waals surface area contributed by atoms with Crippen LogP contribution in [0.1, 0.15) is 44.7 Å². The summed E-state index contributed by atoms with van der Waals surface area (Å²) in [4.78, 5) is 8.60. The van der Waals surface area contributed by atoms with Crippen LogP contribution in [0.5, 0.6) is 0 Å². The van der Waals surface area contributed by atoms with E-state index in [-0.39, 0.29) is 0 Å². The Morgan fingerprint density at radius 1 is 1.25 bits per heavy atom. The topological polar surface area (TPSA) is 42.2 Å². The van der Waals surface area contributed by atoms with Gasteiger partial charge in [-0.3, -0.25) is 4.40 Å². The molecule has 2 atom stereocenters. The van der Waals surface area contributed by atoms with Gasteiger partial charge in [0.1, 0.15) is 4.60 Å². The van der Waals surface area contributed by atoms with Gasteiger partial charge in [-0.25, -0.2) is 9.97 Å². The van der Waals surface area contributed by atoms with Gasteiger partial charge in [0, 0.05) is 18.8 Å². The van der Waals surface area contributed by atoms with E-state index in [1.54, 1.807) is 6.20 Å². The first-order valence-corrected chi connectivity index (χ1v) is 8.22. The predicted octanol–water partition coefficient (Wildman–Crippen LogP) is 3.55. The van der Waals surface area contributed by atoms with E-state index in [1.807, 2.05) is 12.4 Å². The van der Waals surface area contributed by atoms with Gasteiger partial charge in [-0.2, -0.15) is 0 Å². The average Bonchev–Trinajstić information content (AvgIpc) is 2.71. The van der Waals surface area contributed by atoms with E-state index >= 15 is 0 Å². The monoisotopic (exact) mass is 336 g/mol. The molecule has 2 heterocycles. The minimum atomic E-state index is 0.649. The number of aromatic nitrogens is 3. The maximum absolute atomic E-state index is 4.39. The molecule has 0 amide bonds. The molecule has 1 fully saturated rings. The molecule has 0 spiro atoms. The molecule has 0 aliphatic heterocycles. The quantitative estimate of drug-likeness (QED) is 0.871. The molecule has 4 nitrogen and oxygen atoms in total. The van der Waals surface area contributed by atoms with Gasteiger partial charge in [-0.05, 0) is 41.1 Å². The highest BCUT2D eigenvalue weighted by Gasteiger charge is 2.16. The van der Waals surface area contributed by atoms with Gasteiger partial charge in [-0.15, -0.1) is 0 Å². The van der Waals surface area contributed by atoms with Gasteiger partial charge in [0.05, 0.1) is 18.1 Å². The SMILES string of the molecule is CC1CCCC(NCc2cnc3cnc(Br)cn23)CC1. The predicted molar refractivity (Wildman–Crippen MR) is 83.6 cm³/mol. The minimum Gasteiger partial charge on any atom is -0.308 e. The van der Waals surface area contributed by atoms with Crippen molar-refractivity contribution in [2.24, 2.45) is 5.92 Å². The molecule has 0 radical (unpaired) electrons. The molecule has 0 bridgehead atoms. The van der Waals surface area contributed by atoms with Crippen molar-refractivity contribution in [1.82, 2.24) is 19.7 Å². The molecule has 2 unspecified atom stereocenters. The van der Waals surface area contributed by atoms with E-state index in [1.165, 1.54) is 37.8 Å². The first kappa shape index (κ1) is 14.0. The summed E-state index contributed by atoms with van der Waals surface area (Å²) in [7, 11) is 0. The molecule has 2 aromatic heterocycles. The molecule has 3 rings (SSSR count). The first-order chi connectivity index (χ1) is 9.72. The third kappa shape index (κ3) is 3.20. The van der Waals surface area contributed by atoms with Gasteiger partial charge in [-0.1, -0.05) is 19.8 Å². The Kier molecular flexibility index (Phi) is 4.36. The second-order valence-corrected chi connectivity index (χ2v) is 6.69.